The van der Waals surface area contributed by atoms with Crippen molar-refractivity contribution in [2.24, 2.45) is 5.41 Å². The topological polar surface area (TPSA) is 12.0 Å². The summed E-state index contributed by atoms with van der Waals surface area (Å²) in [5, 5.41) is 3.32. The zero-order valence-corrected chi connectivity index (χ0v) is 9.39. The molecule has 1 aliphatic rings. The second kappa shape index (κ2) is 3.43. The molecule has 13 heavy (non-hydrogen) atoms. The summed E-state index contributed by atoms with van der Waals surface area (Å²) in [7, 11) is 0. The van der Waals surface area contributed by atoms with E-state index in [1.54, 1.807) is 0 Å². The number of halogens is 1. The lowest BCUT2D eigenvalue weighted by Crippen LogP contribution is -2.52. The van der Waals surface area contributed by atoms with E-state index in [1.807, 2.05) is 0 Å². The maximum Gasteiger partial charge on any atom is 0.0175 e. The molecule has 1 N–H and O–H groups in total. The summed E-state index contributed by atoms with van der Waals surface area (Å²) in [6.07, 6.45) is 1.19. The Kier molecular flexibility index (Phi) is 2.43. The van der Waals surface area contributed by atoms with E-state index < -0.39 is 0 Å². The molecular formula is C11H14BrN. The SMILES string of the molecule is CC1(Cc2ccc(Br)cc2)CNC1. The van der Waals surface area contributed by atoms with Crippen LogP contribution in [0.1, 0.15) is 12.5 Å². The van der Waals surface area contributed by atoms with Gasteiger partial charge in [-0.1, -0.05) is 35.0 Å². The van der Waals surface area contributed by atoms with Gasteiger partial charge in [-0.3, -0.25) is 0 Å². The second-order valence-corrected chi connectivity index (χ2v) is 5.13. The first-order valence-electron chi connectivity index (χ1n) is 4.63. The molecule has 1 aromatic rings. The maximum atomic E-state index is 3.44. The van der Waals surface area contributed by atoms with Gasteiger partial charge in [-0.2, -0.15) is 0 Å². The summed E-state index contributed by atoms with van der Waals surface area (Å²) in [6, 6.07) is 8.64. The third-order valence-corrected chi connectivity index (χ3v) is 3.18. The van der Waals surface area contributed by atoms with E-state index in [1.165, 1.54) is 12.0 Å². The molecule has 0 radical (unpaired) electrons. The number of rotatable bonds is 2. The largest absolute Gasteiger partial charge is 0.316 e. The van der Waals surface area contributed by atoms with Crippen LogP contribution >= 0.6 is 15.9 Å². The average molecular weight is 240 g/mol. The molecule has 1 nitrogen and oxygen atoms in total. The Hall–Kier alpha value is -0.340. The fourth-order valence-corrected chi connectivity index (χ4v) is 2.04. The fraction of sp³-hybridized carbons (Fsp3) is 0.455. The molecule has 1 heterocycles. The van der Waals surface area contributed by atoms with Gasteiger partial charge >= 0.3 is 0 Å². The first-order chi connectivity index (χ1) is 6.18. The lowest BCUT2D eigenvalue weighted by molar-refractivity contribution is 0.195. The first-order valence-corrected chi connectivity index (χ1v) is 5.42. The third-order valence-electron chi connectivity index (χ3n) is 2.65. The molecule has 1 saturated heterocycles. The molecule has 0 aromatic heterocycles. The Morgan fingerprint density at radius 1 is 1.31 bits per heavy atom. The lowest BCUT2D eigenvalue weighted by Gasteiger charge is -2.39. The Morgan fingerprint density at radius 3 is 2.38 bits per heavy atom. The smallest absolute Gasteiger partial charge is 0.0175 e. The molecular weight excluding hydrogens is 226 g/mol. The van der Waals surface area contributed by atoms with Crippen molar-refractivity contribution in [2.75, 3.05) is 13.1 Å². The van der Waals surface area contributed by atoms with Gasteiger partial charge in [0.1, 0.15) is 0 Å². The Morgan fingerprint density at radius 2 is 1.92 bits per heavy atom. The van der Waals surface area contributed by atoms with Crippen LogP contribution in [0.4, 0.5) is 0 Å². The highest BCUT2D eigenvalue weighted by Gasteiger charge is 2.31. The van der Waals surface area contributed by atoms with Gasteiger partial charge in [0.05, 0.1) is 0 Å². The van der Waals surface area contributed by atoms with Gasteiger partial charge in [0.2, 0.25) is 0 Å². The standard InChI is InChI=1S/C11H14BrN/c1-11(7-13-8-11)6-9-2-4-10(12)5-3-9/h2-5,13H,6-8H2,1H3. The highest BCUT2D eigenvalue weighted by Crippen LogP contribution is 2.27. The zero-order chi connectivity index (χ0) is 9.31. The van der Waals surface area contributed by atoms with Crippen LogP contribution in [-0.2, 0) is 6.42 Å². The van der Waals surface area contributed by atoms with Crippen LogP contribution in [0.3, 0.4) is 0 Å². The van der Waals surface area contributed by atoms with E-state index in [4.69, 9.17) is 0 Å². The Bertz CT molecular complexity index is 287. The molecule has 70 valence electrons. The molecule has 0 unspecified atom stereocenters. The van der Waals surface area contributed by atoms with Crippen molar-refractivity contribution in [1.29, 1.82) is 0 Å². The molecule has 2 rings (SSSR count). The van der Waals surface area contributed by atoms with Gasteiger partial charge in [0.25, 0.3) is 0 Å². The molecule has 2 heteroatoms. The molecule has 0 bridgehead atoms. The quantitative estimate of drug-likeness (QED) is 0.837. The predicted molar refractivity (Wildman–Crippen MR) is 58.8 cm³/mol. The van der Waals surface area contributed by atoms with Gasteiger partial charge < -0.3 is 5.32 Å². The van der Waals surface area contributed by atoms with E-state index in [2.05, 4.69) is 52.4 Å². The highest BCUT2D eigenvalue weighted by atomic mass is 79.9. The molecule has 0 amide bonds. The van der Waals surface area contributed by atoms with Gasteiger partial charge in [0.15, 0.2) is 0 Å². The van der Waals surface area contributed by atoms with Crippen molar-refractivity contribution in [3.8, 4) is 0 Å². The summed E-state index contributed by atoms with van der Waals surface area (Å²) in [5.74, 6) is 0. The maximum absolute atomic E-state index is 3.44. The molecule has 0 aliphatic carbocycles. The molecule has 1 fully saturated rings. The van der Waals surface area contributed by atoms with Crippen molar-refractivity contribution in [3.05, 3.63) is 34.3 Å². The minimum absolute atomic E-state index is 0.494. The van der Waals surface area contributed by atoms with Gasteiger partial charge in [-0.15, -0.1) is 0 Å². The predicted octanol–water partition coefficient (Wildman–Crippen LogP) is 2.60. The minimum Gasteiger partial charge on any atom is -0.316 e. The van der Waals surface area contributed by atoms with Crippen LogP contribution in [0.25, 0.3) is 0 Å². The third kappa shape index (κ3) is 2.12. The van der Waals surface area contributed by atoms with E-state index in [-0.39, 0.29) is 0 Å². The molecule has 1 aliphatic heterocycles. The van der Waals surface area contributed by atoms with E-state index in [0.29, 0.717) is 5.41 Å². The molecule has 0 spiro atoms. The van der Waals surface area contributed by atoms with Crippen molar-refractivity contribution < 1.29 is 0 Å². The average Bonchev–Trinajstić information content (AvgIpc) is 2.06. The summed E-state index contributed by atoms with van der Waals surface area (Å²) in [4.78, 5) is 0. The van der Waals surface area contributed by atoms with Crippen molar-refractivity contribution >= 4 is 15.9 Å². The first kappa shape index (κ1) is 9.22. The summed E-state index contributed by atoms with van der Waals surface area (Å²) < 4.78 is 1.16. The number of hydrogen-bond donors (Lipinski definition) is 1. The monoisotopic (exact) mass is 239 g/mol. The number of nitrogens with one attached hydrogen (secondary N) is 1. The molecule has 1 aromatic carbocycles. The summed E-state index contributed by atoms with van der Waals surface area (Å²) >= 11 is 3.44. The van der Waals surface area contributed by atoms with Gasteiger partial charge in [0, 0.05) is 17.6 Å². The van der Waals surface area contributed by atoms with Crippen molar-refractivity contribution in [1.82, 2.24) is 5.32 Å². The second-order valence-electron chi connectivity index (χ2n) is 4.22. The highest BCUT2D eigenvalue weighted by molar-refractivity contribution is 9.10. The summed E-state index contributed by atoms with van der Waals surface area (Å²) in [5.41, 5.74) is 1.93. The van der Waals surface area contributed by atoms with Crippen LogP contribution in [0.15, 0.2) is 28.7 Å². The normalized spacial score (nSPS) is 19.5. The van der Waals surface area contributed by atoms with Crippen LogP contribution in [0.2, 0.25) is 0 Å². The fourth-order valence-electron chi connectivity index (χ4n) is 1.77. The van der Waals surface area contributed by atoms with Crippen LogP contribution < -0.4 is 5.32 Å². The lowest BCUT2D eigenvalue weighted by atomic mass is 9.78. The summed E-state index contributed by atoms with van der Waals surface area (Å²) in [6.45, 7) is 4.65. The van der Waals surface area contributed by atoms with Crippen molar-refractivity contribution in [3.63, 3.8) is 0 Å². The zero-order valence-electron chi connectivity index (χ0n) is 7.81. The number of hydrogen-bond acceptors (Lipinski definition) is 1. The van der Waals surface area contributed by atoms with E-state index in [9.17, 15) is 0 Å². The number of benzene rings is 1. The van der Waals surface area contributed by atoms with Crippen LogP contribution in [0.5, 0.6) is 0 Å². The van der Waals surface area contributed by atoms with E-state index in [0.717, 1.165) is 17.6 Å². The molecule has 0 saturated carbocycles. The van der Waals surface area contributed by atoms with Gasteiger partial charge in [-0.25, -0.2) is 0 Å². The van der Waals surface area contributed by atoms with Gasteiger partial charge in [-0.05, 0) is 29.5 Å². The van der Waals surface area contributed by atoms with Crippen molar-refractivity contribution in [2.45, 2.75) is 13.3 Å². The van der Waals surface area contributed by atoms with Crippen LogP contribution in [0, 0.1) is 5.41 Å². The Labute approximate surface area is 87.7 Å². The Balaban J connectivity index is 2.05. The molecule has 0 atom stereocenters. The van der Waals surface area contributed by atoms with Crippen LogP contribution in [-0.4, -0.2) is 13.1 Å². The minimum atomic E-state index is 0.494. The van der Waals surface area contributed by atoms with E-state index >= 15 is 0 Å².